The van der Waals surface area contributed by atoms with E-state index in [9.17, 15) is 18.3 Å². The molecule has 4 unspecified atom stereocenters. The fourth-order valence-corrected chi connectivity index (χ4v) is 5.40. The van der Waals surface area contributed by atoms with Crippen molar-refractivity contribution >= 4 is 16.2 Å². The van der Waals surface area contributed by atoms with Gasteiger partial charge in [-0.15, -0.1) is 0 Å². The molecule has 122 valence electrons. The first-order chi connectivity index (χ1) is 9.75. The van der Waals surface area contributed by atoms with E-state index < -0.39 is 22.2 Å². The molecular formula is C13H24N2O5S. The van der Waals surface area contributed by atoms with Gasteiger partial charge < -0.3 is 9.84 Å². The smallest absolute Gasteiger partial charge is 0.322 e. The Morgan fingerprint density at radius 2 is 1.71 bits per heavy atom. The Morgan fingerprint density at radius 1 is 1.14 bits per heavy atom. The minimum Gasteiger partial charge on any atom is -0.480 e. The van der Waals surface area contributed by atoms with Gasteiger partial charge in [-0.3, -0.25) is 4.79 Å². The maximum atomic E-state index is 12.8. The molecule has 8 heteroatoms. The number of carboxylic acids is 1. The molecule has 1 N–H and O–H groups in total. The fourth-order valence-electron chi connectivity index (χ4n) is 3.36. The number of hydrogen-bond donors (Lipinski definition) is 1. The summed E-state index contributed by atoms with van der Waals surface area (Å²) < 4.78 is 33.3. The molecule has 0 bridgehead atoms. The third kappa shape index (κ3) is 3.39. The highest BCUT2D eigenvalue weighted by Crippen LogP contribution is 2.29. The van der Waals surface area contributed by atoms with E-state index in [1.807, 2.05) is 13.8 Å². The molecule has 2 rings (SSSR count). The number of piperidine rings is 1. The summed E-state index contributed by atoms with van der Waals surface area (Å²) in [6, 6.07) is -1.03. The Bertz CT molecular complexity index is 485. The summed E-state index contributed by atoms with van der Waals surface area (Å²) in [5.41, 5.74) is 0. The van der Waals surface area contributed by atoms with Crippen LogP contribution in [0.3, 0.4) is 0 Å². The first-order valence-electron chi connectivity index (χ1n) is 7.28. The lowest BCUT2D eigenvalue weighted by atomic mass is 9.94. The van der Waals surface area contributed by atoms with Crippen molar-refractivity contribution in [3.8, 4) is 0 Å². The van der Waals surface area contributed by atoms with Crippen LogP contribution in [0.5, 0.6) is 0 Å². The molecule has 2 aliphatic heterocycles. The van der Waals surface area contributed by atoms with Crippen LogP contribution in [0.15, 0.2) is 0 Å². The van der Waals surface area contributed by atoms with Gasteiger partial charge in [-0.1, -0.05) is 13.8 Å². The zero-order valence-corrected chi connectivity index (χ0v) is 13.5. The molecule has 0 spiro atoms. The topological polar surface area (TPSA) is 87.1 Å². The van der Waals surface area contributed by atoms with Crippen LogP contribution in [-0.4, -0.2) is 67.0 Å². The zero-order valence-electron chi connectivity index (χ0n) is 12.7. The first kappa shape index (κ1) is 16.7. The molecule has 7 nitrogen and oxygen atoms in total. The van der Waals surface area contributed by atoms with Crippen molar-refractivity contribution < 1.29 is 23.1 Å². The second-order valence-corrected chi connectivity index (χ2v) is 8.17. The van der Waals surface area contributed by atoms with Gasteiger partial charge in [-0.2, -0.15) is 17.0 Å². The van der Waals surface area contributed by atoms with Crippen molar-refractivity contribution in [1.29, 1.82) is 0 Å². The van der Waals surface area contributed by atoms with E-state index in [0.29, 0.717) is 13.1 Å². The van der Waals surface area contributed by atoms with Gasteiger partial charge >= 0.3 is 5.97 Å². The highest BCUT2D eigenvalue weighted by Gasteiger charge is 2.46. The summed E-state index contributed by atoms with van der Waals surface area (Å²) >= 11 is 0. The standard InChI is InChI=1S/C13H24N2O5S/c1-9-4-10(2)7-14(6-9)21(18,19)15-8-11(20-3)5-12(15)13(16)17/h9-12H,4-8H2,1-3H3,(H,16,17). The average molecular weight is 320 g/mol. The molecule has 0 aromatic heterocycles. The number of rotatable bonds is 4. The Labute approximate surface area is 126 Å². The van der Waals surface area contributed by atoms with Gasteiger partial charge in [-0.05, 0) is 18.3 Å². The first-order valence-corrected chi connectivity index (χ1v) is 8.68. The molecule has 2 fully saturated rings. The number of aliphatic carboxylic acids is 1. The molecule has 2 heterocycles. The second kappa shape index (κ2) is 6.20. The zero-order chi connectivity index (χ0) is 15.8. The third-order valence-corrected chi connectivity index (χ3v) is 6.24. The summed E-state index contributed by atoms with van der Waals surface area (Å²) in [7, 11) is -2.28. The van der Waals surface area contributed by atoms with E-state index in [0.717, 1.165) is 10.7 Å². The summed E-state index contributed by atoms with van der Waals surface area (Å²) in [5, 5.41) is 9.28. The highest BCUT2D eigenvalue weighted by molar-refractivity contribution is 7.86. The van der Waals surface area contributed by atoms with Crippen LogP contribution >= 0.6 is 0 Å². The summed E-state index contributed by atoms with van der Waals surface area (Å²) in [6.07, 6.45) is 0.833. The van der Waals surface area contributed by atoms with Gasteiger partial charge in [0.1, 0.15) is 6.04 Å². The summed E-state index contributed by atoms with van der Waals surface area (Å²) in [4.78, 5) is 11.4. The van der Waals surface area contributed by atoms with E-state index in [1.165, 1.54) is 11.4 Å². The summed E-state index contributed by atoms with van der Waals surface area (Å²) in [5.74, 6) is -0.545. The highest BCUT2D eigenvalue weighted by atomic mass is 32.2. The largest absolute Gasteiger partial charge is 0.480 e. The number of carboxylic acid groups (broad SMARTS) is 1. The minimum absolute atomic E-state index is 0.106. The molecule has 0 saturated carbocycles. The molecule has 21 heavy (non-hydrogen) atoms. The van der Waals surface area contributed by atoms with Crippen molar-refractivity contribution in [2.45, 2.75) is 38.8 Å². The molecule has 0 amide bonds. The number of nitrogens with zero attached hydrogens (tertiary/aromatic N) is 2. The van der Waals surface area contributed by atoms with Crippen LogP contribution < -0.4 is 0 Å². The van der Waals surface area contributed by atoms with E-state index in [-0.39, 0.29) is 30.9 Å². The lowest BCUT2D eigenvalue weighted by Crippen LogP contribution is -2.52. The van der Waals surface area contributed by atoms with E-state index in [1.54, 1.807) is 0 Å². The van der Waals surface area contributed by atoms with Crippen molar-refractivity contribution in [2.24, 2.45) is 11.8 Å². The maximum Gasteiger partial charge on any atom is 0.322 e. The van der Waals surface area contributed by atoms with Gasteiger partial charge in [0.15, 0.2) is 0 Å². The van der Waals surface area contributed by atoms with Gasteiger partial charge in [0.05, 0.1) is 6.10 Å². The van der Waals surface area contributed by atoms with Gasteiger partial charge in [0.25, 0.3) is 10.2 Å². The fraction of sp³-hybridized carbons (Fsp3) is 0.923. The van der Waals surface area contributed by atoms with Crippen LogP contribution in [0.2, 0.25) is 0 Å². The van der Waals surface area contributed by atoms with E-state index in [2.05, 4.69) is 0 Å². The minimum atomic E-state index is -3.76. The number of carbonyl (C=O) groups is 1. The van der Waals surface area contributed by atoms with Crippen molar-refractivity contribution in [3.05, 3.63) is 0 Å². The van der Waals surface area contributed by atoms with Crippen LogP contribution in [0.4, 0.5) is 0 Å². The van der Waals surface area contributed by atoms with E-state index in [4.69, 9.17) is 4.74 Å². The van der Waals surface area contributed by atoms with Crippen LogP contribution in [0.25, 0.3) is 0 Å². The monoisotopic (exact) mass is 320 g/mol. The van der Waals surface area contributed by atoms with Crippen molar-refractivity contribution in [1.82, 2.24) is 8.61 Å². The SMILES string of the molecule is COC1CC(C(=O)O)N(S(=O)(=O)N2CC(C)CC(C)C2)C1. The van der Waals surface area contributed by atoms with Crippen LogP contribution in [0, 0.1) is 11.8 Å². The maximum absolute atomic E-state index is 12.8. The number of ether oxygens (including phenoxy) is 1. The van der Waals surface area contributed by atoms with Gasteiger partial charge in [0, 0.05) is 33.2 Å². The number of methoxy groups -OCH3 is 1. The molecule has 2 aliphatic rings. The lowest BCUT2D eigenvalue weighted by molar-refractivity contribution is -0.140. The predicted molar refractivity (Wildman–Crippen MR) is 77.0 cm³/mol. The van der Waals surface area contributed by atoms with Crippen molar-refractivity contribution in [2.75, 3.05) is 26.7 Å². The molecular weight excluding hydrogens is 296 g/mol. The van der Waals surface area contributed by atoms with Crippen molar-refractivity contribution in [3.63, 3.8) is 0 Å². The lowest BCUT2D eigenvalue weighted by Gasteiger charge is -2.37. The van der Waals surface area contributed by atoms with Gasteiger partial charge in [0.2, 0.25) is 0 Å². The summed E-state index contributed by atoms with van der Waals surface area (Å²) in [6.45, 7) is 5.05. The second-order valence-electron chi connectivity index (χ2n) is 6.29. The Morgan fingerprint density at radius 3 is 2.19 bits per heavy atom. The average Bonchev–Trinajstić information content (AvgIpc) is 2.82. The molecule has 4 atom stereocenters. The Hall–Kier alpha value is -0.700. The van der Waals surface area contributed by atoms with E-state index >= 15 is 0 Å². The van der Waals surface area contributed by atoms with Gasteiger partial charge in [-0.25, -0.2) is 0 Å². The Kier molecular flexibility index (Phi) is 4.92. The molecule has 0 aliphatic carbocycles. The molecule has 2 saturated heterocycles. The van der Waals surface area contributed by atoms with Crippen LogP contribution in [-0.2, 0) is 19.7 Å². The predicted octanol–water partition coefficient (Wildman–Crippen LogP) is 0.383. The Balaban J connectivity index is 2.23. The molecule has 0 radical (unpaired) electrons. The quantitative estimate of drug-likeness (QED) is 0.809. The normalized spacial score (nSPS) is 36.0. The molecule has 0 aromatic rings. The molecule has 0 aromatic carbocycles. The third-order valence-electron chi connectivity index (χ3n) is 4.29. The van der Waals surface area contributed by atoms with Crippen LogP contribution in [0.1, 0.15) is 26.7 Å². The number of hydrogen-bond acceptors (Lipinski definition) is 4.